The third-order valence-electron chi connectivity index (χ3n) is 4.22. The fourth-order valence-electron chi connectivity index (χ4n) is 2.91. The van der Waals surface area contributed by atoms with Crippen LogP contribution in [0.2, 0.25) is 0 Å². The maximum atomic E-state index is 9.62. The molecule has 1 atom stereocenters. The second kappa shape index (κ2) is 6.72. The first-order valence-electron chi connectivity index (χ1n) is 7.09. The van der Waals surface area contributed by atoms with Gasteiger partial charge in [0.05, 0.1) is 12.5 Å². The average molecular weight is 277 g/mol. The predicted molar refractivity (Wildman–Crippen MR) is 78.9 cm³/mol. The second-order valence-electron chi connectivity index (χ2n) is 5.51. The molecule has 0 aliphatic heterocycles. The molecule has 1 fully saturated rings. The number of nitrogens with zero attached hydrogens (tertiary/aromatic N) is 1. The molecule has 1 aromatic rings. The normalized spacial score (nSPS) is 19.9. The van der Waals surface area contributed by atoms with Gasteiger partial charge in [0, 0.05) is 12.1 Å². The Hall–Kier alpha value is -1.59. The number of aliphatic hydroxyl groups is 1. The Bertz CT molecular complexity index is 442. The first-order chi connectivity index (χ1) is 9.71. The van der Waals surface area contributed by atoms with Crippen LogP contribution in [0.1, 0.15) is 37.2 Å². The fraction of sp³-hybridized carbons (Fsp3) is 0.533. The SMILES string of the molecule is NC(=NO)C(CNC1(CO)CCCC1)c1ccccc1. The quantitative estimate of drug-likeness (QED) is 0.274. The highest BCUT2D eigenvalue weighted by atomic mass is 16.4. The summed E-state index contributed by atoms with van der Waals surface area (Å²) in [5.41, 5.74) is 6.61. The lowest BCUT2D eigenvalue weighted by Crippen LogP contribution is -2.49. The van der Waals surface area contributed by atoms with E-state index in [4.69, 9.17) is 10.9 Å². The molecule has 1 saturated carbocycles. The topological polar surface area (TPSA) is 90.9 Å². The summed E-state index contributed by atoms with van der Waals surface area (Å²) in [6.07, 6.45) is 4.21. The highest BCUT2D eigenvalue weighted by molar-refractivity contribution is 5.87. The summed E-state index contributed by atoms with van der Waals surface area (Å²) in [5, 5.41) is 25.2. The lowest BCUT2D eigenvalue weighted by Gasteiger charge is -2.30. The number of oxime groups is 1. The second-order valence-corrected chi connectivity index (χ2v) is 5.51. The highest BCUT2D eigenvalue weighted by Gasteiger charge is 2.33. The van der Waals surface area contributed by atoms with Gasteiger partial charge in [0.1, 0.15) is 5.84 Å². The van der Waals surface area contributed by atoms with Gasteiger partial charge in [-0.1, -0.05) is 48.3 Å². The largest absolute Gasteiger partial charge is 0.409 e. The monoisotopic (exact) mass is 277 g/mol. The molecule has 0 heterocycles. The van der Waals surface area contributed by atoms with Gasteiger partial charge in [-0.15, -0.1) is 0 Å². The van der Waals surface area contributed by atoms with Gasteiger partial charge in [-0.05, 0) is 18.4 Å². The molecule has 5 N–H and O–H groups in total. The van der Waals surface area contributed by atoms with Gasteiger partial charge in [0.2, 0.25) is 0 Å². The molecule has 5 nitrogen and oxygen atoms in total. The number of benzene rings is 1. The lowest BCUT2D eigenvalue weighted by atomic mass is 9.94. The molecule has 110 valence electrons. The van der Waals surface area contributed by atoms with Crippen LogP contribution in [0.3, 0.4) is 0 Å². The van der Waals surface area contributed by atoms with E-state index in [9.17, 15) is 5.11 Å². The maximum absolute atomic E-state index is 9.62. The van der Waals surface area contributed by atoms with E-state index in [1.165, 1.54) is 0 Å². The predicted octanol–water partition coefficient (Wildman–Crippen LogP) is 1.41. The van der Waals surface area contributed by atoms with Crippen molar-refractivity contribution in [2.75, 3.05) is 13.2 Å². The first kappa shape index (κ1) is 14.8. The molecular weight excluding hydrogens is 254 g/mol. The van der Waals surface area contributed by atoms with Crippen LogP contribution in [0.15, 0.2) is 35.5 Å². The molecule has 1 aliphatic rings. The minimum absolute atomic E-state index is 0.130. The number of hydrogen-bond acceptors (Lipinski definition) is 4. The molecule has 0 bridgehead atoms. The van der Waals surface area contributed by atoms with E-state index in [-0.39, 0.29) is 23.9 Å². The number of nitrogens with one attached hydrogen (secondary N) is 1. The van der Waals surface area contributed by atoms with Crippen LogP contribution in [0.25, 0.3) is 0 Å². The standard InChI is InChI=1S/C15H23N3O2/c16-14(18-20)13(12-6-2-1-3-7-12)10-17-15(11-19)8-4-5-9-15/h1-3,6-7,13,17,19-20H,4-5,8-11H2,(H2,16,18). The molecule has 0 spiro atoms. The van der Waals surface area contributed by atoms with Crippen LogP contribution < -0.4 is 11.1 Å². The number of aliphatic hydroxyl groups excluding tert-OH is 1. The summed E-state index contributed by atoms with van der Waals surface area (Å²) in [7, 11) is 0. The van der Waals surface area contributed by atoms with Gasteiger partial charge >= 0.3 is 0 Å². The zero-order chi connectivity index (χ0) is 14.4. The molecule has 1 aliphatic carbocycles. The molecule has 0 saturated heterocycles. The molecule has 1 aromatic carbocycles. The molecule has 0 radical (unpaired) electrons. The van der Waals surface area contributed by atoms with Crippen molar-refractivity contribution in [3.8, 4) is 0 Å². The highest BCUT2D eigenvalue weighted by Crippen LogP contribution is 2.29. The summed E-state index contributed by atoms with van der Waals surface area (Å²) < 4.78 is 0. The Kier molecular flexibility index (Phi) is 4.98. The van der Waals surface area contributed by atoms with Gasteiger partial charge in [0.25, 0.3) is 0 Å². The van der Waals surface area contributed by atoms with E-state index in [2.05, 4.69) is 10.5 Å². The van der Waals surface area contributed by atoms with Crippen molar-refractivity contribution < 1.29 is 10.3 Å². The van der Waals surface area contributed by atoms with Crippen LogP contribution >= 0.6 is 0 Å². The minimum atomic E-state index is -0.206. The smallest absolute Gasteiger partial charge is 0.147 e. The molecule has 5 heteroatoms. The molecular formula is C15H23N3O2. The number of amidine groups is 1. The Morgan fingerprint density at radius 3 is 2.50 bits per heavy atom. The maximum Gasteiger partial charge on any atom is 0.147 e. The van der Waals surface area contributed by atoms with Crippen LogP contribution in [0.5, 0.6) is 0 Å². The Balaban J connectivity index is 2.09. The average Bonchev–Trinajstić information content (AvgIpc) is 2.97. The number of hydrogen-bond donors (Lipinski definition) is 4. The van der Waals surface area contributed by atoms with Gasteiger partial charge < -0.3 is 21.4 Å². The van der Waals surface area contributed by atoms with Crippen LogP contribution in [0, 0.1) is 0 Å². The summed E-state index contributed by atoms with van der Waals surface area (Å²) in [5.74, 6) is 0.0000109. The zero-order valence-electron chi connectivity index (χ0n) is 11.6. The van der Waals surface area contributed by atoms with Crippen LogP contribution in [-0.2, 0) is 0 Å². The van der Waals surface area contributed by atoms with Crippen LogP contribution in [0.4, 0.5) is 0 Å². The van der Waals surface area contributed by atoms with E-state index < -0.39 is 0 Å². The van der Waals surface area contributed by atoms with E-state index in [1.807, 2.05) is 30.3 Å². The minimum Gasteiger partial charge on any atom is -0.409 e. The third-order valence-corrected chi connectivity index (χ3v) is 4.22. The molecule has 20 heavy (non-hydrogen) atoms. The molecule has 0 aromatic heterocycles. The summed E-state index contributed by atoms with van der Waals surface area (Å²) in [6, 6.07) is 9.73. The van der Waals surface area contributed by atoms with Crippen molar-refractivity contribution in [1.29, 1.82) is 0 Å². The third kappa shape index (κ3) is 3.29. The number of nitrogens with two attached hydrogens (primary N) is 1. The van der Waals surface area contributed by atoms with Crippen molar-refractivity contribution in [3.05, 3.63) is 35.9 Å². The molecule has 2 rings (SSSR count). The summed E-state index contributed by atoms with van der Waals surface area (Å²) >= 11 is 0. The molecule has 0 amide bonds. The van der Waals surface area contributed by atoms with Crippen molar-refractivity contribution in [2.45, 2.75) is 37.1 Å². The summed E-state index contributed by atoms with van der Waals surface area (Å²) in [4.78, 5) is 0. The Morgan fingerprint density at radius 1 is 1.30 bits per heavy atom. The van der Waals surface area contributed by atoms with Gasteiger partial charge in [0.15, 0.2) is 0 Å². The van der Waals surface area contributed by atoms with E-state index in [0.29, 0.717) is 6.54 Å². The van der Waals surface area contributed by atoms with Gasteiger partial charge in [-0.25, -0.2) is 0 Å². The Morgan fingerprint density at radius 2 is 1.95 bits per heavy atom. The lowest BCUT2D eigenvalue weighted by molar-refractivity contribution is 0.164. The molecule has 1 unspecified atom stereocenters. The van der Waals surface area contributed by atoms with Crippen molar-refractivity contribution >= 4 is 5.84 Å². The first-order valence-corrected chi connectivity index (χ1v) is 7.09. The van der Waals surface area contributed by atoms with Crippen LogP contribution in [-0.4, -0.2) is 34.8 Å². The summed E-state index contributed by atoms with van der Waals surface area (Å²) in [6.45, 7) is 0.686. The van der Waals surface area contributed by atoms with E-state index in [0.717, 1.165) is 31.2 Å². The van der Waals surface area contributed by atoms with Gasteiger partial charge in [-0.3, -0.25) is 0 Å². The van der Waals surface area contributed by atoms with Crippen molar-refractivity contribution in [2.24, 2.45) is 10.9 Å². The van der Waals surface area contributed by atoms with Crippen molar-refractivity contribution in [1.82, 2.24) is 5.32 Å². The van der Waals surface area contributed by atoms with Crippen molar-refractivity contribution in [3.63, 3.8) is 0 Å². The Labute approximate surface area is 119 Å². The number of rotatable bonds is 6. The fourth-order valence-corrected chi connectivity index (χ4v) is 2.91. The van der Waals surface area contributed by atoms with E-state index in [1.54, 1.807) is 0 Å². The van der Waals surface area contributed by atoms with E-state index >= 15 is 0 Å². The zero-order valence-corrected chi connectivity index (χ0v) is 11.6. The van der Waals surface area contributed by atoms with Gasteiger partial charge in [-0.2, -0.15) is 0 Å².